The number of rotatable bonds is 7. The number of esters is 1. The Balaban J connectivity index is 1.50. The second-order valence-corrected chi connectivity index (χ2v) is 6.66. The molecule has 2 fully saturated rings. The van der Waals surface area contributed by atoms with Crippen LogP contribution in [0.1, 0.15) is 70.6 Å². The zero-order chi connectivity index (χ0) is 14.9. The molecule has 21 heavy (non-hydrogen) atoms. The maximum absolute atomic E-state index is 11.7. The SMILES string of the molecule is O=C(COC(=O)CCC1CCCC1)NCC1CCCCC1. The van der Waals surface area contributed by atoms with Crippen molar-refractivity contribution in [2.24, 2.45) is 11.8 Å². The van der Waals surface area contributed by atoms with E-state index in [2.05, 4.69) is 5.32 Å². The molecule has 0 radical (unpaired) electrons. The highest BCUT2D eigenvalue weighted by Crippen LogP contribution is 2.28. The minimum Gasteiger partial charge on any atom is -0.456 e. The van der Waals surface area contributed by atoms with Crippen molar-refractivity contribution in [2.45, 2.75) is 70.6 Å². The molecule has 0 aromatic rings. The molecular formula is C17H29NO3. The van der Waals surface area contributed by atoms with Crippen LogP contribution in [0, 0.1) is 11.8 Å². The van der Waals surface area contributed by atoms with Crippen LogP contribution in [0.15, 0.2) is 0 Å². The molecule has 120 valence electrons. The number of hydrogen-bond acceptors (Lipinski definition) is 3. The first kappa shape index (κ1) is 16.3. The van der Waals surface area contributed by atoms with Crippen LogP contribution in [0.4, 0.5) is 0 Å². The van der Waals surface area contributed by atoms with Gasteiger partial charge in [0.2, 0.25) is 0 Å². The van der Waals surface area contributed by atoms with Crippen LogP contribution in [0.3, 0.4) is 0 Å². The molecule has 0 unspecified atom stereocenters. The molecule has 0 saturated heterocycles. The van der Waals surface area contributed by atoms with E-state index < -0.39 is 0 Å². The summed E-state index contributed by atoms with van der Waals surface area (Å²) in [5.74, 6) is 0.919. The lowest BCUT2D eigenvalue weighted by Gasteiger charge is -2.21. The van der Waals surface area contributed by atoms with Gasteiger partial charge in [-0.2, -0.15) is 0 Å². The Kier molecular flexibility index (Phi) is 7.04. The lowest BCUT2D eigenvalue weighted by Crippen LogP contribution is -2.33. The molecule has 0 spiro atoms. The maximum Gasteiger partial charge on any atom is 0.306 e. The molecule has 0 aromatic heterocycles. The topological polar surface area (TPSA) is 55.4 Å². The van der Waals surface area contributed by atoms with E-state index in [9.17, 15) is 9.59 Å². The molecule has 4 heteroatoms. The van der Waals surface area contributed by atoms with Crippen molar-refractivity contribution < 1.29 is 14.3 Å². The fourth-order valence-electron chi connectivity index (χ4n) is 3.54. The van der Waals surface area contributed by atoms with Crippen LogP contribution in [0.5, 0.6) is 0 Å². The number of carbonyl (C=O) groups excluding carboxylic acids is 2. The average Bonchev–Trinajstić information content (AvgIpc) is 3.03. The van der Waals surface area contributed by atoms with Crippen molar-refractivity contribution >= 4 is 11.9 Å². The van der Waals surface area contributed by atoms with Gasteiger partial charge in [-0.1, -0.05) is 44.9 Å². The Labute approximate surface area is 128 Å². The van der Waals surface area contributed by atoms with Gasteiger partial charge in [0.05, 0.1) is 0 Å². The average molecular weight is 295 g/mol. The Morgan fingerprint density at radius 1 is 0.905 bits per heavy atom. The Bertz CT molecular complexity index is 331. The normalized spacial score (nSPS) is 20.4. The highest BCUT2D eigenvalue weighted by molar-refractivity contribution is 5.80. The number of amides is 1. The lowest BCUT2D eigenvalue weighted by atomic mass is 9.89. The van der Waals surface area contributed by atoms with E-state index in [0.717, 1.165) is 13.0 Å². The van der Waals surface area contributed by atoms with E-state index in [4.69, 9.17) is 4.74 Å². The van der Waals surface area contributed by atoms with E-state index in [0.29, 0.717) is 18.3 Å². The molecule has 0 bridgehead atoms. The first-order valence-corrected chi connectivity index (χ1v) is 8.66. The number of hydrogen-bond donors (Lipinski definition) is 1. The summed E-state index contributed by atoms with van der Waals surface area (Å²) in [6.07, 6.45) is 12.7. The third kappa shape index (κ3) is 6.49. The van der Waals surface area contributed by atoms with E-state index in [1.165, 1.54) is 57.8 Å². The lowest BCUT2D eigenvalue weighted by molar-refractivity contribution is -0.148. The summed E-state index contributed by atoms with van der Waals surface area (Å²) < 4.78 is 5.05. The van der Waals surface area contributed by atoms with Crippen LogP contribution in [-0.2, 0) is 14.3 Å². The Hall–Kier alpha value is -1.06. The van der Waals surface area contributed by atoms with E-state index in [-0.39, 0.29) is 18.5 Å². The molecule has 0 atom stereocenters. The van der Waals surface area contributed by atoms with Gasteiger partial charge in [0.15, 0.2) is 6.61 Å². The molecule has 1 N–H and O–H groups in total. The minimum absolute atomic E-state index is 0.115. The summed E-state index contributed by atoms with van der Waals surface area (Å²) in [6, 6.07) is 0. The third-order valence-electron chi connectivity index (χ3n) is 4.91. The molecule has 2 saturated carbocycles. The molecule has 2 aliphatic rings. The van der Waals surface area contributed by atoms with Crippen LogP contribution in [0.2, 0.25) is 0 Å². The smallest absolute Gasteiger partial charge is 0.306 e. The van der Waals surface area contributed by atoms with E-state index >= 15 is 0 Å². The van der Waals surface area contributed by atoms with Gasteiger partial charge >= 0.3 is 5.97 Å². The summed E-state index contributed by atoms with van der Waals surface area (Å²) >= 11 is 0. The monoisotopic (exact) mass is 295 g/mol. The minimum atomic E-state index is -0.227. The zero-order valence-corrected chi connectivity index (χ0v) is 13.1. The van der Waals surface area contributed by atoms with Gasteiger partial charge in [-0.25, -0.2) is 0 Å². The molecule has 0 heterocycles. The van der Waals surface area contributed by atoms with Crippen molar-refractivity contribution in [3.63, 3.8) is 0 Å². The van der Waals surface area contributed by atoms with Gasteiger partial charge in [0.25, 0.3) is 5.91 Å². The van der Waals surface area contributed by atoms with Gasteiger partial charge in [-0.05, 0) is 31.1 Å². The van der Waals surface area contributed by atoms with Gasteiger partial charge in [0.1, 0.15) is 0 Å². The predicted octanol–water partition coefficient (Wildman–Crippen LogP) is 3.20. The van der Waals surface area contributed by atoms with Gasteiger partial charge in [0, 0.05) is 13.0 Å². The first-order chi connectivity index (χ1) is 10.2. The molecule has 0 aliphatic heterocycles. The molecular weight excluding hydrogens is 266 g/mol. The number of nitrogens with one attached hydrogen (secondary N) is 1. The van der Waals surface area contributed by atoms with Crippen LogP contribution in [0.25, 0.3) is 0 Å². The molecule has 2 rings (SSSR count). The first-order valence-electron chi connectivity index (χ1n) is 8.66. The zero-order valence-electron chi connectivity index (χ0n) is 13.1. The summed E-state index contributed by atoms with van der Waals surface area (Å²) in [4.78, 5) is 23.3. The van der Waals surface area contributed by atoms with Crippen LogP contribution < -0.4 is 5.32 Å². The van der Waals surface area contributed by atoms with Gasteiger partial charge in [-0.3, -0.25) is 9.59 Å². The quantitative estimate of drug-likeness (QED) is 0.734. The van der Waals surface area contributed by atoms with Crippen LogP contribution >= 0.6 is 0 Å². The van der Waals surface area contributed by atoms with E-state index in [1.807, 2.05) is 0 Å². The summed E-state index contributed by atoms with van der Waals surface area (Å²) in [5, 5.41) is 2.89. The second-order valence-electron chi connectivity index (χ2n) is 6.66. The second kappa shape index (κ2) is 9.06. The van der Waals surface area contributed by atoms with Crippen molar-refractivity contribution in [1.82, 2.24) is 5.32 Å². The highest BCUT2D eigenvalue weighted by Gasteiger charge is 2.18. The maximum atomic E-state index is 11.7. The summed E-state index contributed by atoms with van der Waals surface area (Å²) in [5.41, 5.74) is 0. The Morgan fingerprint density at radius 2 is 1.52 bits per heavy atom. The number of carbonyl (C=O) groups is 2. The summed E-state index contributed by atoms with van der Waals surface area (Å²) in [6.45, 7) is 0.620. The van der Waals surface area contributed by atoms with Gasteiger partial charge < -0.3 is 10.1 Å². The number of ether oxygens (including phenoxy) is 1. The fraction of sp³-hybridized carbons (Fsp3) is 0.882. The molecule has 1 amide bonds. The summed E-state index contributed by atoms with van der Waals surface area (Å²) in [7, 11) is 0. The predicted molar refractivity (Wildman–Crippen MR) is 81.7 cm³/mol. The third-order valence-corrected chi connectivity index (χ3v) is 4.91. The van der Waals surface area contributed by atoms with Crippen molar-refractivity contribution in [1.29, 1.82) is 0 Å². The standard InChI is InChI=1S/C17H29NO3/c19-16(18-12-15-8-2-1-3-9-15)13-21-17(20)11-10-14-6-4-5-7-14/h14-15H,1-13H2,(H,18,19). The van der Waals surface area contributed by atoms with Crippen molar-refractivity contribution in [2.75, 3.05) is 13.2 Å². The van der Waals surface area contributed by atoms with E-state index in [1.54, 1.807) is 0 Å². The highest BCUT2D eigenvalue weighted by atomic mass is 16.5. The molecule has 0 aromatic carbocycles. The Morgan fingerprint density at radius 3 is 2.24 bits per heavy atom. The van der Waals surface area contributed by atoms with Crippen molar-refractivity contribution in [3.8, 4) is 0 Å². The van der Waals surface area contributed by atoms with Crippen LogP contribution in [-0.4, -0.2) is 25.0 Å². The van der Waals surface area contributed by atoms with Crippen molar-refractivity contribution in [3.05, 3.63) is 0 Å². The van der Waals surface area contributed by atoms with Gasteiger partial charge in [-0.15, -0.1) is 0 Å². The molecule has 4 nitrogen and oxygen atoms in total. The fourth-order valence-corrected chi connectivity index (χ4v) is 3.54. The molecule has 2 aliphatic carbocycles. The largest absolute Gasteiger partial charge is 0.456 e.